The Balaban J connectivity index is 2.14. The van der Waals surface area contributed by atoms with Gasteiger partial charge < -0.3 is 10.1 Å². The van der Waals surface area contributed by atoms with E-state index in [9.17, 15) is 9.70 Å². The molecule has 1 amide bonds. The molecular formula is C15H22N4O3. The predicted octanol–water partition coefficient (Wildman–Crippen LogP) is 3.28. The van der Waals surface area contributed by atoms with Gasteiger partial charge >= 0.3 is 6.09 Å². The molecule has 0 spiro atoms. The highest BCUT2D eigenvalue weighted by atomic mass is 16.6. The SMILES string of the molecule is Cn1ncc(N=O)c1C1=CC(NC(=O)OC(C)(C)C)CCC1. The summed E-state index contributed by atoms with van der Waals surface area (Å²) in [5, 5.41) is 9.93. The molecule has 0 saturated heterocycles. The highest BCUT2D eigenvalue weighted by Gasteiger charge is 2.23. The molecule has 0 aliphatic heterocycles. The molecule has 1 aromatic rings. The molecule has 0 saturated carbocycles. The second kappa shape index (κ2) is 6.29. The molecule has 1 aliphatic rings. The van der Waals surface area contributed by atoms with Gasteiger partial charge in [-0.15, -0.1) is 4.91 Å². The van der Waals surface area contributed by atoms with Crippen LogP contribution in [0.1, 0.15) is 45.7 Å². The molecule has 1 unspecified atom stereocenters. The van der Waals surface area contributed by atoms with Crippen LogP contribution in [0.2, 0.25) is 0 Å². The molecule has 120 valence electrons. The van der Waals surface area contributed by atoms with E-state index in [1.807, 2.05) is 26.8 Å². The Morgan fingerprint density at radius 1 is 1.50 bits per heavy atom. The lowest BCUT2D eigenvalue weighted by atomic mass is 9.93. The molecule has 0 aromatic carbocycles. The van der Waals surface area contributed by atoms with Crippen molar-refractivity contribution in [1.29, 1.82) is 0 Å². The summed E-state index contributed by atoms with van der Waals surface area (Å²) in [6.07, 6.45) is 5.55. The fourth-order valence-electron chi connectivity index (χ4n) is 2.56. The molecule has 7 heteroatoms. The number of alkyl carbamates (subject to hydrolysis) is 1. The molecule has 0 bridgehead atoms. The molecule has 7 nitrogen and oxygen atoms in total. The van der Waals surface area contributed by atoms with Gasteiger partial charge in [0.1, 0.15) is 5.60 Å². The van der Waals surface area contributed by atoms with E-state index in [1.165, 1.54) is 6.20 Å². The van der Waals surface area contributed by atoms with Crippen LogP contribution in [0, 0.1) is 4.91 Å². The number of ether oxygens (including phenoxy) is 1. The Morgan fingerprint density at radius 2 is 2.23 bits per heavy atom. The molecule has 1 aromatic heterocycles. The summed E-state index contributed by atoms with van der Waals surface area (Å²) in [6, 6.07) is -0.118. The Labute approximate surface area is 129 Å². The van der Waals surface area contributed by atoms with Gasteiger partial charge in [-0.3, -0.25) is 4.68 Å². The zero-order chi connectivity index (χ0) is 16.3. The highest BCUT2D eigenvalue weighted by Crippen LogP contribution is 2.32. The van der Waals surface area contributed by atoms with Crippen LogP contribution >= 0.6 is 0 Å². The van der Waals surface area contributed by atoms with E-state index in [-0.39, 0.29) is 6.04 Å². The minimum atomic E-state index is -0.526. The minimum absolute atomic E-state index is 0.118. The summed E-state index contributed by atoms with van der Waals surface area (Å²) in [6.45, 7) is 5.48. The number of amides is 1. The van der Waals surface area contributed by atoms with Gasteiger partial charge in [-0.2, -0.15) is 5.10 Å². The maximum absolute atomic E-state index is 11.9. The third-order valence-electron chi connectivity index (χ3n) is 3.39. The van der Waals surface area contributed by atoms with Crippen molar-refractivity contribution in [2.45, 2.75) is 51.7 Å². The average Bonchev–Trinajstić information content (AvgIpc) is 2.77. The third kappa shape index (κ3) is 3.93. The summed E-state index contributed by atoms with van der Waals surface area (Å²) in [4.78, 5) is 22.7. The molecule has 1 heterocycles. The standard InChI is InChI=1S/C15H22N4O3/c1-15(2,3)22-14(20)17-11-7-5-6-10(8-11)13-12(18-21)9-16-19(13)4/h8-9,11H,5-7H2,1-4H3,(H,17,20). The summed E-state index contributed by atoms with van der Waals surface area (Å²) in [7, 11) is 1.77. The van der Waals surface area contributed by atoms with Gasteiger partial charge in [-0.1, -0.05) is 6.08 Å². The molecule has 2 rings (SSSR count). The van der Waals surface area contributed by atoms with Crippen LogP contribution in [-0.2, 0) is 11.8 Å². The fourth-order valence-corrected chi connectivity index (χ4v) is 2.56. The largest absolute Gasteiger partial charge is 0.444 e. The van der Waals surface area contributed by atoms with Gasteiger partial charge in [0.05, 0.1) is 17.9 Å². The number of carbonyl (C=O) groups is 1. The predicted molar refractivity (Wildman–Crippen MR) is 83.6 cm³/mol. The first kappa shape index (κ1) is 16.2. The summed E-state index contributed by atoms with van der Waals surface area (Å²) < 4.78 is 6.91. The monoisotopic (exact) mass is 306 g/mol. The fraction of sp³-hybridized carbons (Fsp3) is 0.600. The first-order valence-electron chi connectivity index (χ1n) is 7.36. The van der Waals surface area contributed by atoms with Gasteiger partial charge in [0.2, 0.25) is 0 Å². The molecule has 22 heavy (non-hydrogen) atoms. The zero-order valence-corrected chi connectivity index (χ0v) is 13.4. The number of nitrogens with zero attached hydrogens (tertiary/aromatic N) is 3. The lowest BCUT2D eigenvalue weighted by molar-refractivity contribution is 0.0511. The summed E-state index contributed by atoms with van der Waals surface area (Å²) in [5.74, 6) is 0. The third-order valence-corrected chi connectivity index (χ3v) is 3.39. The van der Waals surface area contributed by atoms with Gasteiger partial charge in [0, 0.05) is 7.05 Å². The quantitative estimate of drug-likeness (QED) is 0.868. The number of rotatable bonds is 3. The molecule has 1 aliphatic carbocycles. The summed E-state index contributed by atoms with van der Waals surface area (Å²) in [5.41, 5.74) is 1.49. The van der Waals surface area contributed by atoms with Crippen molar-refractivity contribution in [1.82, 2.24) is 15.1 Å². The van der Waals surface area contributed by atoms with Gasteiger partial charge in [-0.25, -0.2) is 4.79 Å². The van der Waals surface area contributed by atoms with E-state index in [2.05, 4.69) is 15.6 Å². The van der Waals surface area contributed by atoms with E-state index in [4.69, 9.17) is 4.74 Å². The van der Waals surface area contributed by atoms with Gasteiger partial charge in [0.25, 0.3) is 0 Å². The number of nitrogens with one attached hydrogen (secondary N) is 1. The normalized spacial score (nSPS) is 18.5. The van der Waals surface area contributed by atoms with E-state index >= 15 is 0 Å². The Kier molecular flexibility index (Phi) is 4.63. The van der Waals surface area contributed by atoms with Crippen LogP contribution in [-0.4, -0.2) is 27.5 Å². The number of hydrogen-bond acceptors (Lipinski definition) is 5. The first-order chi connectivity index (χ1) is 10.3. The number of aromatic nitrogens is 2. The maximum atomic E-state index is 11.9. The molecule has 1 N–H and O–H groups in total. The van der Waals surface area contributed by atoms with Crippen LogP contribution in [0.15, 0.2) is 17.4 Å². The second-order valence-corrected chi connectivity index (χ2v) is 6.43. The number of allylic oxidation sites excluding steroid dienone is 1. The van der Waals surface area contributed by atoms with E-state index < -0.39 is 11.7 Å². The molecular weight excluding hydrogens is 284 g/mol. The number of aryl methyl sites for hydroxylation is 1. The lowest BCUT2D eigenvalue weighted by Crippen LogP contribution is -2.39. The number of nitroso groups, excluding NO2 is 1. The lowest BCUT2D eigenvalue weighted by Gasteiger charge is -2.25. The van der Waals surface area contributed by atoms with Crippen LogP contribution in [0.4, 0.5) is 10.5 Å². The van der Waals surface area contributed by atoms with E-state index in [0.29, 0.717) is 11.4 Å². The number of carbonyl (C=O) groups excluding carboxylic acids is 1. The van der Waals surface area contributed by atoms with Crippen molar-refractivity contribution in [2.24, 2.45) is 12.2 Å². The summed E-state index contributed by atoms with van der Waals surface area (Å²) >= 11 is 0. The van der Waals surface area contributed by atoms with Crippen molar-refractivity contribution < 1.29 is 9.53 Å². The van der Waals surface area contributed by atoms with E-state index in [0.717, 1.165) is 24.8 Å². The van der Waals surface area contributed by atoms with Crippen molar-refractivity contribution in [3.05, 3.63) is 22.9 Å². The maximum Gasteiger partial charge on any atom is 0.408 e. The van der Waals surface area contributed by atoms with Crippen LogP contribution in [0.5, 0.6) is 0 Å². The minimum Gasteiger partial charge on any atom is -0.444 e. The van der Waals surface area contributed by atoms with Crippen molar-refractivity contribution >= 4 is 17.4 Å². The topological polar surface area (TPSA) is 85.6 Å². The first-order valence-corrected chi connectivity index (χ1v) is 7.36. The Morgan fingerprint density at radius 3 is 2.86 bits per heavy atom. The van der Waals surface area contributed by atoms with Crippen LogP contribution in [0.25, 0.3) is 5.57 Å². The molecule has 1 atom stereocenters. The van der Waals surface area contributed by atoms with Gasteiger partial charge in [-0.05, 0) is 50.8 Å². The molecule has 0 fully saturated rings. The van der Waals surface area contributed by atoms with Crippen LogP contribution in [0.3, 0.4) is 0 Å². The Bertz CT molecular complexity index is 598. The molecule has 0 radical (unpaired) electrons. The zero-order valence-electron chi connectivity index (χ0n) is 13.4. The smallest absolute Gasteiger partial charge is 0.408 e. The van der Waals surface area contributed by atoms with Gasteiger partial charge in [0.15, 0.2) is 5.69 Å². The van der Waals surface area contributed by atoms with Crippen molar-refractivity contribution in [2.75, 3.05) is 0 Å². The van der Waals surface area contributed by atoms with E-state index in [1.54, 1.807) is 11.7 Å². The highest BCUT2D eigenvalue weighted by molar-refractivity contribution is 5.74. The second-order valence-electron chi connectivity index (χ2n) is 6.43. The average molecular weight is 306 g/mol. The van der Waals surface area contributed by atoms with Crippen molar-refractivity contribution in [3.63, 3.8) is 0 Å². The van der Waals surface area contributed by atoms with Crippen LogP contribution < -0.4 is 5.32 Å². The van der Waals surface area contributed by atoms with Crippen molar-refractivity contribution in [3.8, 4) is 0 Å². The Hall–Kier alpha value is -2.18. The number of hydrogen-bond donors (Lipinski definition) is 1.